The van der Waals surface area contributed by atoms with Gasteiger partial charge in [-0.3, -0.25) is 0 Å². The van der Waals surface area contributed by atoms with E-state index in [1.165, 1.54) is 5.77 Å². The fourth-order valence-corrected chi connectivity index (χ4v) is 12.2. The molecule has 0 atom stereocenters. The number of thiophene rings is 2. The number of halogens is 21. The Hall–Kier alpha value is -4.41. The Bertz CT molecular complexity index is 2260. The molecule has 0 saturated heterocycles. The van der Waals surface area contributed by atoms with E-state index in [0.29, 0.717) is 0 Å². The molecular formula is C34H10BF20IO2S2. The highest BCUT2D eigenvalue weighted by atomic mass is 127. The van der Waals surface area contributed by atoms with Crippen molar-refractivity contribution in [3.63, 3.8) is 0 Å². The second-order valence-electron chi connectivity index (χ2n) is 11.6. The average molecular weight is 1030 g/mol. The summed E-state index contributed by atoms with van der Waals surface area (Å²) in [5.41, 5.74) is -14.3. The molecule has 4 aromatic carbocycles. The number of aliphatic hydroxyl groups is 2. The zero-order chi connectivity index (χ0) is 45.0. The minimum absolute atomic E-state index is 0.127. The van der Waals surface area contributed by atoms with Crippen molar-refractivity contribution in [1.82, 2.24) is 0 Å². The molecule has 2 aromatic heterocycles. The van der Waals surface area contributed by atoms with Crippen LogP contribution in [-0.4, -0.2) is 16.4 Å². The summed E-state index contributed by atoms with van der Waals surface area (Å²) < 4.78 is 297. The molecule has 0 unspecified atom stereocenters. The van der Waals surface area contributed by atoms with Gasteiger partial charge in [-0.25, -0.2) is 87.8 Å². The molecule has 2 heterocycles. The van der Waals surface area contributed by atoms with Crippen LogP contribution in [0.3, 0.4) is 0 Å². The lowest BCUT2D eigenvalue weighted by atomic mass is 9.12. The molecule has 6 aromatic rings. The first-order chi connectivity index (χ1) is 28.0. The first-order valence-electron chi connectivity index (χ1n) is 15.3. The number of rotatable bonds is 8. The number of aliphatic hydroxyl groups excluding tert-OH is 2. The van der Waals surface area contributed by atoms with E-state index in [2.05, 4.69) is 12.1 Å². The summed E-state index contributed by atoms with van der Waals surface area (Å²) in [6, 6.07) is 8.17. The van der Waals surface area contributed by atoms with Crippen molar-refractivity contribution in [3.8, 4) is 0 Å². The number of hydrogen-bond acceptors (Lipinski definition) is 4. The lowest BCUT2D eigenvalue weighted by molar-refractivity contribution is -0.585. The molecule has 26 heteroatoms. The Morgan fingerprint density at radius 2 is 0.500 bits per heavy atom. The van der Waals surface area contributed by atoms with Gasteiger partial charge in [-0.2, -0.15) is 0 Å². The minimum Gasteiger partial charge on any atom is -0.391 e. The van der Waals surface area contributed by atoms with Crippen LogP contribution in [0.5, 0.6) is 0 Å². The molecule has 0 amide bonds. The van der Waals surface area contributed by atoms with Gasteiger partial charge in [-0.05, 0) is 12.1 Å². The monoisotopic (exact) mass is 1030 g/mol. The van der Waals surface area contributed by atoms with E-state index in [4.69, 9.17) is 10.2 Å². The van der Waals surface area contributed by atoms with Crippen LogP contribution in [-0.2, 0) is 13.2 Å². The third-order valence-electron chi connectivity index (χ3n) is 8.46. The van der Waals surface area contributed by atoms with Crippen LogP contribution in [0.25, 0.3) is 0 Å². The Kier molecular flexibility index (Phi) is 13.6. The molecule has 0 aliphatic rings. The van der Waals surface area contributed by atoms with Crippen molar-refractivity contribution in [2.24, 2.45) is 0 Å². The van der Waals surface area contributed by atoms with Gasteiger partial charge in [-0.15, -0.1) is 21.9 Å². The molecule has 0 fully saturated rings. The van der Waals surface area contributed by atoms with E-state index in [1.807, 2.05) is 12.1 Å². The van der Waals surface area contributed by atoms with Crippen molar-refractivity contribution >= 4 is 50.7 Å². The fraction of sp³-hybridized carbons (Fsp3) is 0.0588. The maximum atomic E-state index is 15.4. The Morgan fingerprint density at radius 1 is 0.317 bits per heavy atom. The van der Waals surface area contributed by atoms with Crippen LogP contribution in [0.1, 0.15) is 9.75 Å². The molecule has 0 aliphatic heterocycles. The van der Waals surface area contributed by atoms with Gasteiger partial charge >= 0.3 is 21.2 Å². The zero-order valence-electron chi connectivity index (χ0n) is 27.9. The van der Waals surface area contributed by atoms with Crippen molar-refractivity contribution in [2.75, 3.05) is 0 Å². The predicted molar refractivity (Wildman–Crippen MR) is 167 cm³/mol. The van der Waals surface area contributed by atoms with Crippen molar-refractivity contribution in [1.29, 1.82) is 0 Å². The van der Waals surface area contributed by atoms with E-state index < -0.39 is 144 Å². The van der Waals surface area contributed by atoms with E-state index >= 15 is 35.1 Å². The SMILES string of the molecule is Fc1c(F)c(F)c([B-](c2c(F)c(F)c(F)c(F)c2F)(c2c(F)c(F)c(F)c(F)c2F)c2c(F)c(F)c(F)c(F)c2F)c(F)c1F.OCc1ccc([I+]c2ccc(CO)s2)s1. The summed E-state index contributed by atoms with van der Waals surface area (Å²) in [5, 5.41) is 17.9. The number of benzene rings is 4. The summed E-state index contributed by atoms with van der Waals surface area (Å²) >= 11 is 3.25. The molecule has 320 valence electrons. The highest BCUT2D eigenvalue weighted by molar-refractivity contribution is 7.20. The molecule has 0 bridgehead atoms. The quantitative estimate of drug-likeness (QED) is 0.0760. The highest BCUT2D eigenvalue weighted by Crippen LogP contribution is 2.30. The third kappa shape index (κ3) is 7.39. The Balaban J connectivity index is 0.000000379. The molecule has 0 spiro atoms. The van der Waals surface area contributed by atoms with Crippen LogP contribution >= 0.6 is 22.7 Å². The standard InChI is InChI=1S/C24BF20.C10H10IO2S2/c26-5-1(6(27)14(35)21(42)13(5)34)25(2-7(28)15(36)22(43)16(37)8(2)29,3-9(30)17(38)23(44)18(39)10(3)31)4-11(32)19(40)24(45)20(41)12(4)33;12-5-7-1-3-9(14-7)11-10-4-2-8(6-13)15-10/h;1-4,12-13H,5-6H2/q-1;+1. The van der Waals surface area contributed by atoms with Crippen LogP contribution in [0.2, 0.25) is 0 Å². The van der Waals surface area contributed by atoms with Crippen molar-refractivity contribution in [3.05, 3.63) is 156 Å². The topological polar surface area (TPSA) is 40.5 Å². The Morgan fingerprint density at radius 3 is 0.667 bits per heavy atom. The van der Waals surface area contributed by atoms with Crippen LogP contribution in [0.15, 0.2) is 24.3 Å². The second kappa shape index (κ2) is 17.5. The van der Waals surface area contributed by atoms with Crippen LogP contribution in [0.4, 0.5) is 87.8 Å². The molecule has 2 nitrogen and oxygen atoms in total. The summed E-state index contributed by atoms with van der Waals surface area (Å²) in [7, 11) is 0. The maximum absolute atomic E-state index is 15.4. The first-order valence-corrected chi connectivity index (χ1v) is 19.1. The van der Waals surface area contributed by atoms with Gasteiger partial charge in [0.15, 0.2) is 69.8 Å². The van der Waals surface area contributed by atoms with Gasteiger partial charge in [0.25, 0.3) is 0 Å². The van der Waals surface area contributed by atoms with Crippen molar-refractivity contribution in [2.45, 2.75) is 13.2 Å². The van der Waals surface area contributed by atoms with E-state index in [9.17, 15) is 52.7 Å². The minimum atomic E-state index is -7.22. The van der Waals surface area contributed by atoms with Gasteiger partial charge in [0.1, 0.15) is 52.7 Å². The van der Waals surface area contributed by atoms with Gasteiger partial charge in [0, 0.05) is 21.9 Å². The summed E-state index contributed by atoms with van der Waals surface area (Å²) in [6.45, 7) is 0.279. The lowest BCUT2D eigenvalue weighted by Crippen LogP contribution is -3.61. The molecule has 6 rings (SSSR count). The number of hydrogen-bond donors (Lipinski definition) is 2. The second-order valence-corrected chi connectivity index (χ2v) is 18.3. The Labute approximate surface area is 338 Å². The summed E-state index contributed by atoms with van der Waals surface area (Å²) in [5.74, 6) is -71.4. The van der Waals surface area contributed by atoms with Crippen LogP contribution < -0.4 is 43.1 Å². The van der Waals surface area contributed by atoms with E-state index in [0.717, 1.165) is 9.75 Å². The smallest absolute Gasteiger partial charge is 0.381 e. The van der Waals surface area contributed by atoms with Gasteiger partial charge in [-0.1, -0.05) is 22.7 Å². The summed E-state index contributed by atoms with van der Waals surface area (Å²) in [6.07, 6.45) is -7.22. The van der Waals surface area contributed by atoms with Crippen molar-refractivity contribution < 1.29 is 119 Å². The van der Waals surface area contributed by atoms with E-state index in [1.54, 1.807) is 22.7 Å². The van der Waals surface area contributed by atoms with Gasteiger partial charge < -0.3 is 10.2 Å². The maximum Gasteiger partial charge on any atom is 0.381 e. The highest BCUT2D eigenvalue weighted by Gasteiger charge is 2.52. The molecule has 0 aliphatic carbocycles. The first kappa shape index (κ1) is 46.7. The third-order valence-corrected chi connectivity index (χ3v) is 14.3. The van der Waals surface area contributed by atoms with Gasteiger partial charge in [0.05, 0.1) is 13.2 Å². The summed E-state index contributed by atoms with van der Waals surface area (Å²) in [4.78, 5) is 2.06. The molecule has 60 heavy (non-hydrogen) atoms. The zero-order valence-corrected chi connectivity index (χ0v) is 31.7. The molecule has 0 saturated carbocycles. The molecule has 0 radical (unpaired) electrons. The lowest BCUT2D eigenvalue weighted by Gasteiger charge is -2.44. The fourth-order valence-electron chi connectivity index (χ4n) is 5.94. The van der Waals surface area contributed by atoms with Gasteiger partial charge in [0.2, 0.25) is 5.77 Å². The predicted octanol–water partition coefficient (Wildman–Crippen LogP) is 4.77. The largest absolute Gasteiger partial charge is 0.391 e. The van der Waals surface area contributed by atoms with E-state index in [-0.39, 0.29) is 34.4 Å². The molecule has 2 N–H and O–H groups in total. The van der Waals surface area contributed by atoms with Crippen LogP contribution in [0, 0.1) is 122 Å². The molecular weight excluding hydrogens is 1020 g/mol. The normalized spacial score (nSPS) is 11.7. The average Bonchev–Trinajstić information content (AvgIpc) is 3.90.